The van der Waals surface area contributed by atoms with Gasteiger partial charge in [-0.1, -0.05) is 32.8 Å². The number of aromatic nitrogens is 2. The van der Waals surface area contributed by atoms with Gasteiger partial charge in [0.25, 0.3) is 0 Å². The predicted molar refractivity (Wildman–Crippen MR) is 84.3 cm³/mol. The van der Waals surface area contributed by atoms with Crippen molar-refractivity contribution in [2.24, 2.45) is 5.92 Å². The molecule has 20 heavy (non-hydrogen) atoms. The second-order valence-corrected chi connectivity index (χ2v) is 7.52. The Morgan fingerprint density at radius 2 is 1.95 bits per heavy atom. The summed E-state index contributed by atoms with van der Waals surface area (Å²) in [5.74, 6) is 0.544. The van der Waals surface area contributed by atoms with Crippen LogP contribution in [0.2, 0.25) is 0 Å². The molecule has 0 aliphatic rings. The number of nitrogens with zero attached hydrogens (tertiary/aromatic N) is 1. The highest BCUT2D eigenvalue weighted by molar-refractivity contribution is 7.91. The number of nitrogens with one attached hydrogen (secondary N) is 1. The van der Waals surface area contributed by atoms with Crippen molar-refractivity contribution in [1.29, 1.82) is 0 Å². The van der Waals surface area contributed by atoms with E-state index in [1.54, 1.807) is 12.1 Å². The number of H-pyrrole nitrogens is 1. The summed E-state index contributed by atoms with van der Waals surface area (Å²) >= 11 is 5.36. The molecular weight excluding hydrogens is 292 g/mol. The normalized spacial score (nSPS) is 12.4. The molecule has 0 saturated heterocycles. The Balaban J connectivity index is 2.64. The van der Waals surface area contributed by atoms with Crippen LogP contribution in [0, 0.1) is 10.7 Å². The van der Waals surface area contributed by atoms with Gasteiger partial charge in [-0.05, 0) is 30.3 Å². The molecule has 6 heteroatoms. The molecule has 2 aromatic rings. The van der Waals surface area contributed by atoms with E-state index in [0.29, 0.717) is 21.1 Å². The van der Waals surface area contributed by atoms with E-state index in [9.17, 15) is 8.42 Å². The SMILES string of the molecule is CCC(CC)Cn1c(=S)[nH]c2c(S(C)(=O)=O)cccc21. The lowest BCUT2D eigenvalue weighted by atomic mass is 10.0. The van der Waals surface area contributed by atoms with Gasteiger partial charge >= 0.3 is 0 Å². The van der Waals surface area contributed by atoms with Gasteiger partial charge < -0.3 is 9.55 Å². The summed E-state index contributed by atoms with van der Waals surface area (Å²) in [6.07, 6.45) is 3.38. The molecule has 1 N–H and O–H groups in total. The van der Waals surface area contributed by atoms with Crippen LogP contribution < -0.4 is 0 Å². The molecule has 1 heterocycles. The van der Waals surface area contributed by atoms with Crippen LogP contribution in [-0.2, 0) is 16.4 Å². The van der Waals surface area contributed by atoms with Gasteiger partial charge in [-0.25, -0.2) is 8.42 Å². The van der Waals surface area contributed by atoms with Crippen molar-refractivity contribution < 1.29 is 8.42 Å². The van der Waals surface area contributed by atoms with Gasteiger partial charge in [0.15, 0.2) is 14.6 Å². The first kappa shape index (κ1) is 15.3. The largest absolute Gasteiger partial charge is 0.329 e. The van der Waals surface area contributed by atoms with Crippen molar-refractivity contribution >= 4 is 33.1 Å². The Labute approximate surface area is 124 Å². The Hall–Kier alpha value is -1.14. The minimum atomic E-state index is -3.26. The zero-order valence-electron chi connectivity index (χ0n) is 12.0. The van der Waals surface area contributed by atoms with E-state index >= 15 is 0 Å². The molecule has 0 bridgehead atoms. The highest BCUT2D eigenvalue weighted by atomic mass is 32.2. The molecule has 0 aliphatic carbocycles. The molecule has 0 unspecified atom stereocenters. The van der Waals surface area contributed by atoms with Crippen molar-refractivity contribution in [3.05, 3.63) is 23.0 Å². The summed E-state index contributed by atoms with van der Waals surface area (Å²) in [4.78, 5) is 3.36. The van der Waals surface area contributed by atoms with E-state index in [2.05, 4.69) is 18.8 Å². The lowest BCUT2D eigenvalue weighted by Gasteiger charge is -2.13. The number of rotatable bonds is 5. The fourth-order valence-electron chi connectivity index (χ4n) is 2.45. The summed E-state index contributed by atoms with van der Waals surface area (Å²) in [6.45, 7) is 5.14. The lowest BCUT2D eigenvalue weighted by molar-refractivity contribution is 0.422. The minimum Gasteiger partial charge on any atom is -0.329 e. The van der Waals surface area contributed by atoms with Gasteiger partial charge in [-0.15, -0.1) is 0 Å². The van der Waals surface area contributed by atoms with Crippen molar-refractivity contribution in [1.82, 2.24) is 9.55 Å². The molecule has 0 fully saturated rings. The van der Waals surface area contributed by atoms with Gasteiger partial charge in [0.1, 0.15) is 0 Å². The molecular formula is C14H20N2O2S2. The van der Waals surface area contributed by atoms with Crippen molar-refractivity contribution in [2.75, 3.05) is 6.26 Å². The van der Waals surface area contributed by atoms with Crippen molar-refractivity contribution in [3.63, 3.8) is 0 Å². The Morgan fingerprint density at radius 1 is 1.30 bits per heavy atom. The summed E-state index contributed by atoms with van der Waals surface area (Å²) in [5, 5.41) is 0. The van der Waals surface area contributed by atoms with Crippen LogP contribution in [0.25, 0.3) is 11.0 Å². The molecule has 0 spiro atoms. The highest BCUT2D eigenvalue weighted by Gasteiger charge is 2.16. The summed E-state index contributed by atoms with van der Waals surface area (Å²) < 4.78 is 26.3. The second-order valence-electron chi connectivity index (χ2n) is 5.15. The minimum absolute atomic E-state index is 0.310. The van der Waals surface area contributed by atoms with Gasteiger partial charge in [-0.3, -0.25) is 0 Å². The number of benzene rings is 1. The highest BCUT2D eigenvalue weighted by Crippen LogP contribution is 2.24. The predicted octanol–water partition coefficient (Wildman–Crippen LogP) is 3.54. The average molecular weight is 312 g/mol. The third kappa shape index (κ3) is 2.81. The number of fused-ring (bicyclic) bond motifs is 1. The zero-order chi connectivity index (χ0) is 14.9. The van der Waals surface area contributed by atoms with E-state index in [1.807, 2.05) is 10.6 Å². The van der Waals surface area contributed by atoms with E-state index < -0.39 is 9.84 Å². The van der Waals surface area contributed by atoms with Crippen LogP contribution in [0.5, 0.6) is 0 Å². The quantitative estimate of drug-likeness (QED) is 0.859. The first-order chi connectivity index (χ1) is 9.38. The monoisotopic (exact) mass is 312 g/mol. The van der Waals surface area contributed by atoms with Gasteiger partial charge in [0.05, 0.1) is 15.9 Å². The fraction of sp³-hybridized carbons (Fsp3) is 0.500. The van der Waals surface area contributed by atoms with Crippen LogP contribution in [-0.4, -0.2) is 24.2 Å². The molecule has 1 aromatic carbocycles. The number of hydrogen-bond acceptors (Lipinski definition) is 3. The third-order valence-electron chi connectivity index (χ3n) is 3.77. The summed E-state index contributed by atoms with van der Waals surface area (Å²) in [5.41, 5.74) is 1.48. The van der Waals surface area contributed by atoms with Gasteiger partial charge in [0.2, 0.25) is 0 Å². The fourth-order valence-corrected chi connectivity index (χ4v) is 3.58. The van der Waals surface area contributed by atoms with Crippen molar-refractivity contribution in [3.8, 4) is 0 Å². The molecule has 0 saturated carbocycles. The van der Waals surface area contributed by atoms with E-state index in [4.69, 9.17) is 12.2 Å². The Bertz CT molecular complexity index is 768. The van der Waals surface area contributed by atoms with E-state index in [0.717, 1.165) is 24.9 Å². The number of para-hydroxylation sites is 1. The van der Waals surface area contributed by atoms with E-state index in [-0.39, 0.29) is 0 Å². The van der Waals surface area contributed by atoms with Crippen molar-refractivity contribution in [2.45, 2.75) is 38.1 Å². The molecule has 0 amide bonds. The lowest BCUT2D eigenvalue weighted by Crippen LogP contribution is -2.09. The van der Waals surface area contributed by atoms with Gasteiger partial charge in [0, 0.05) is 12.8 Å². The zero-order valence-corrected chi connectivity index (χ0v) is 13.6. The maximum absolute atomic E-state index is 11.8. The maximum Gasteiger partial charge on any atom is 0.178 e. The third-order valence-corrected chi connectivity index (χ3v) is 5.23. The molecule has 0 aliphatic heterocycles. The molecule has 0 atom stereocenters. The molecule has 0 radical (unpaired) electrons. The van der Waals surface area contributed by atoms with Crippen LogP contribution in [0.15, 0.2) is 23.1 Å². The summed E-state index contributed by atoms with van der Waals surface area (Å²) in [6, 6.07) is 5.30. The number of aromatic amines is 1. The van der Waals surface area contributed by atoms with Crippen LogP contribution in [0.4, 0.5) is 0 Å². The molecule has 110 valence electrons. The molecule has 4 nitrogen and oxygen atoms in total. The van der Waals surface area contributed by atoms with Gasteiger partial charge in [-0.2, -0.15) is 0 Å². The molecule has 1 aromatic heterocycles. The van der Waals surface area contributed by atoms with Crippen LogP contribution in [0.3, 0.4) is 0 Å². The number of sulfone groups is 1. The summed E-state index contributed by atoms with van der Waals surface area (Å²) in [7, 11) is -3.26. The maximum atomic E-state index is 11.8. The first-order valence-corrected chi connectivity index (χ1v) is 9.10. The first-order valence-electron chi connectivity index (χ1n) is 6.80. The van der Waals surface area contributed by atoms with E-state index in [1.165, 1.54) is 6.26 Å². The number of hydrogen-bond donors (Lipinski definition) is 1. The van der Waals surface area contributed by atoms with Crippen LogP contribution in [0.1, 0.15) is 26.7 Å². The topological polar surface area (TPSA) is 54.9 Å². The average Bonchev–Trinajstić information content (AvgIpc) is 2.70. The standard InChI is InChI=1S/C14H20N2O2S2/c1-4-10(5-2)9-16-11-7-6-8-12(20(3,17)18)13(11)15-14(16)19/h6-8,10H,4-5,9H2,1-3H3,(H,15,19). The Morgan fingerprint density at radius 3 is 2.50 bits per heavy atom. The Kier molecular flexibility index (Phi) is 4.34. The smallest absolute Gasteiger partial charge is 0.178 e. The number of imidazole rings is 1. The second kappa shape index (κ2) is 5.69. The molecule has 2 rings (SSSR count). The van der Waals surface area contributed by atoms with Crippen LogP contribution >= 0.6 is 12.2 Å².